The second-order valence-corrected chi connectivity index (χ2v) is 3.92. The number of hydrogen-bond acceptors (Lipinski definition) is 3. The van der Waals surface area contributed by atoms with Crippen molar-refractivity contribution >= 4 is 35.1 Å². The lowest BCUT2D eigenvalue weighted by molar-refractivity contribution is 0.414. The van der Waals surface area contributed by atoms with Crippen LogP contribution in [-0.2, 0) is 0 Å². The van der Waals surface area contributed by atoms with Crippen molar-refractivity contribution in [2.24, 2.45) is 10.8 Å². The number of hydrogen-bond donors (Lipinski definition) is 2. The van der Waals surface area contributed by atoms with Crippen molar-refractivity contribution in [1.29, 1.82) is 0 Å². The number of nitrogens with zero attached hydrogens (tertiary/aromatic N) is 1. The molecule has 0 amide bonds. The molecule has 4 nitrogen and oxygen atoms in total. The van der Waals surface area contributed by atoms with E-state index in [1.165, 1.54) is 0 Å². The first-order valence-electron chi connectivity index (χ1n) is 4.47. The van der Waals surface area contributed by atoms with Crippen molar-refractivity contribution in [3.05, 3.63) is 28.3 Å². The minimum Gasteiger partial charge on any atom is -0.496 e. The van der Waals surface area contributed by atoms with Crippen molar-refractivity contribution in [3.8, 4) is 5.75 Å². The molecule has 0 fully saturated rings. The highest BCUT2D eigenvalue weighted by atomic mass is 35.5. The number of methoxy groups -OCH3 is 1. The molecule has 0 bridgehead atoms. The fraction of sp³-hybridized carbons (Fsp3) is 0.200. The molecule has 3 N–H and O–H groups in total. The summed E-state index contributed by atoms with van der Waals surface area (Å²) in [4.78, 5) is 0. The van der Waals surface area contributed by atoms with Gasteiger partial charge in [0, 0.05) is 10.6 Å². The van der Waals surface area contributed by atoms with Crippen molar-refractivity contribution in [1.82, 2.24) is 5.43 Å². The summed E-state index contributed by atoms with van der Waals surface area (Å²) < 4.78 is 5.20. The zero-order valence-electron chi connectivity index (χ0n) is 8.95. The Morgan fingerprint density at radius 3 is 2.88 bits per heavy atom. The number of benzene rings is 1. The van der Waals surface area contributed by atoms with E-state index in [-0.39, 0.29) is 5.11 Å². The predicted molar refractivity (Wildman–Crippen MR) is 70.3 cm³/mol. The van der Waals surface area contributed by atoms with Crippen LogP contribution in [0.3, 0.4) is 0 Å². The molecule has 16 heavy (non-hydrogen) atoms. The Kier molecular flexibility index (Phi) is 4.52. The second-order valence-electron chi connectivity index (χ2n) is 3.08. The van der Waals surface area contributed by atoms with Gasteiger partial charge in [-0.2, -0.15) is 5.10 Å². The lowest BCUT2D eigenvalue weighted by Gasteiger charge is -2.07. The molecule has 0 saturated heterocycles. The Balaban J connectivity index is 2.98. The highest BCUT2D eigenvalue weighted by Crippen LogP contribution is 2.25. The SMILES string of the molecule is COc1cc(C)c(Cl)cc1C=NNC(N)=S. The van der Waals surface area contributed by atoms with Gasteiger partial charge in [0.25, 0.3) is 0 Å². The van der Waals surface area contributed by atoms with Crippen LogP contribution in [0.5, 0.6) is 5.75 Å². The molecule has 1 aromatic carbocycles. The molecule has 0 aliphatic rings. The van der Waals surface area contributed by atoms with Gasteiger partial charge >= 0.3 is 0 Å². The standard InChI is InChI=1S/C10H12ClN3OS/c1-6-3-9(15-2)7(4-8(6)11)5-13-14-10(12)16/h3-5H,1-2H3,(H3,12,14,16). The van der Waals surface area contributed by atoms with Gasteiger partial charge < -0.3 is 10.5 Å². The minimum absolute atomic E-state index is 0.105. The van der Waals surface area contributed by atoms with E-state index < -0.39 is 0 Å². The van der Waals surface area contributed by atoms with E-state index in [9.17, 15) is 0 Å². The number of thiocarbonyl (C=S) groups is 1. The summed E-state index contributed by atoms with van der Waals surface area (Å²) in [5.74, 6) is 0.690. The fourth-order valence-corrected chi connectivity index (χ4v) is 1.34. The first-order chi connectivity index (χ1) is 7.54. The van der Waals surface area contributed by atoms with Crippen LogP contribution in [-0.4, -0.2) is 18.4 Å². The van der Waals surface area contributed by atoms with E-state index in [1.807, 2.05) is 13.0 Å². The van der Waals surface area contributed by atoms with Gasteiger partial charge in [-0.1, -0.05) is 11.6 Å². The average Bonchev–Trinajstić information content (AvgIpc) is 2.22. The summed E-state index contributed by atoms with van der Waals surface area (Å²) in [5, 5.41) is 4.60. The molecule has 0 aromatic heterocycles. The third-order valence-electron chi connectivity index (χ3n) is 1.89. The number of nitrogens with one attached hydrogen (secondary N) is 1. The van der Waals surface area contributed by atoms with Crippen molar-refractivity contribution in [2.45, 2.75) is 6.92 Å². The summed E-state index contributed by atoms with van der Waals surface area (Å²) in [5.41, 5.74) is 9.38. The molecule has 0 saturated carbocycles. The Morgan fingerprint density at radius 2 is 2.31 bits per heavy atom. The normalized spacial score (nSPS) is 10.4. The molecule has 1 rings (SSSR count). The van der Waals surface area contributed by atoms with E-state index in [4.69, 9.17) is 22.1 Å². The maximum Gasteiger partial charge on any atom is 0.184 e. The second kappa shape index (κ2) is 5.67. The molecule has 0 spiro atoms. The molecule has 0 aliphatic carbocycles. The van der Waals surface area contributed by atoms with Crippen LogP contribution >= 0.6 is 23.8 Å². The Hall–Kier alpha value is -1.33. The minimum atomic E-state index is 0.105. The monoisotopic (exact) mass is 257 g/mol. The number of rotatable bonds is 3. The zero-order valence-corrected chi connectivity index (χ0v) is 10.5. The summed E-state index contributed by atoms with van der Waals surface area (Å²) in [7, 11) is 1.58. The predicted octanol–water partition coefficient (Wildman–Crippen LogP) is 1.82. The van der Waals surface area contributed by atoms with Gasteiger partial charge in [-0.05, 0) is 36.8 Å². The lowest BCUT2D eigenvalue weighted by Crippen LogP contribution is -2.24. The fourth-order valence-electron chi connectivity index (χ4n) is 1.11. The topological polar surface area (TPSA) is 59.6 Å². The quantitative estimate of drug-likeness (QED) is 0.493. The third kappa shape index (κ3) is 3.36. The van der Waals surface area contributed by atoms with E-state index >= 15 is 0 Å². The molecular formula is C10H12ClN3OS. The molecule has 0 heterocycles. The summed E-state index contributed by atoms with van der Waals surface area (Å²) >= 11 is 10.6. The van der Waals surface area contributed by atoms with Gasteiger partial charge in [0.1, 0.15) is 5.75 Å². The molecule has 0 atom stereocenters. The van der Waals surface area contributed by atoms with E-state index in [0.29, 0.717) is 10.8 Å². The van der Waals surface area contributed by atoms with E-state index in [0.717, 1.165) is 11.1 Å². The van der Waals surface area contributed by atoms with Gasteiger partial charge in [0.15, 0.2) is 5.11 Å². The molecule has 0 aliphatic heterocycles. The number of aryl methyl sites for hydroxylation is 1. The van der Waals surface area contributed by atoms with Gasteiger partial charge in [-0.25, -0.2) is 0 Å². The first kappa shape index (κ1) is 12.7. The summed E-state index contributed by atoms with van der Waals surface area (Å²) in [6.45, 7) is 1.90. The zero-order chi connectivity index (χ0) is 12.1. The van der Waals surface area contributed by atoms with Crippen LogP contribution in [0.25, 0.3) is 0 Å². The Labute approximate surface area is 104 Å². The van der Waals surface area contributed by atoms with Gasteiger partial charge in [-0.3, -0.25) is 5.43 Å². The third-order valence-corrected chi connectivity index (χ3v) is 2.39. The molecule has 86 valence electrons. The lowest BCUT2D eigenvalue weighted by atomic mass is 10.1. The molecule has 1 aromatic rings. The molecular weight excluding hydrogens is 246 g/mol. The van der Waals surface area contributed by atoms with Crippen LogP contribution in [0.2, 0.25) is 5.02 Å². The van der Waals surface area contributed by atoms with E-state index in [1.54, 1.807) is 19.4 Å². The molecule has 6 heteroatoms. The van der Waals surface area contributed by atoms with E-state index in [2.05, 4.69) is 22.7 Å². The highest BCUT2D eigenvalue weighted by Gasteiger charge is 2.04. The smallest absolute Gasteiger partial charge is 0.184 e. The summed E-state index contributed by atoms with van der Waals surface area (Å²) in [6, 6.07) is 3.60. The van der Waals surface area contributed by atoms with Crippen molar-refractivity contribution in [2.75, 3.05) is 7.11 Å². The molecule has 0 radical (unpaired) electrons. The van der Waals surface area contributed by atoms with Crippen molar-refractivity contribution in [3.63, 3.8) is 0 Å². The number of halogens is 1. The number of ether oxygens (including phenoxy) is 1. The Bertz CT molecular complexity index is 434. The first-order valence-corrected chi connectivity index (χ1v) is 5.26. The number of nitrogens with two attached hydrogens (primary N) is 1. The largest absolute Gasteiger partial charge is 0.496 e. The van der Waals surface area contributed by atoms with Crippen LogP contribution in [0, 0.1) is 6.92 Å². The Morgan fingerprint density at radius 1 is 1.62 bits per heavy atom. The maximum atomic E-state index is 6.00. The number of hydrazone groups is 1. The van der Waals surface area contributed by atoms with Crippen LogP contribution in [0.1, 0.15) is 11.1 Å². The van der Waals surface area contributed by atoms with Gasteiger partial charge in [0.2, 0.25) is 0 Å². The maximum absolute atomic E-state index is 6.00. The highest BCUT2D eigenvalue weighted by molar-refractivity contribution is 7.80. The van der Waals surface area contributed by atoms with Crippen LogP contribution in [0.15, 0.2) is 17.2 Å². The van der Waals surface area contributed by atoms with Crippen molar-refractivity contribution < 1.29 is 4.74 Å². The average molecular weight is 258 g/mol. The van der Waals surface area contributed by atoms with Crippen LogP contribution < -0.4 is 15.9 Å². The van der Waals surface area contributed by atoms with Crippen LogP contribution in [0.4, 0.5) is 0 Å². The van der Waals surface area contributed by atoms with Gasteiger partial charge in [-0.15, -0.1) is 0 Å². The molecule has 0 unspecified atom stereocenters. The summed E-state index contributed by atoms with van der Waals surface area (Å²) in [6.07, 6.45) is 1.54. The van der Waals surface area contributed by atoms with Gasteiger partial charge in [0.05, 0.1) is 13.3 Å².